The van der Waals surface area contributed by atoms with Gasteiger partial charge >= 0.3 is 0 Å². The molecule has 1 N–H and O–H groups in total. The summed E-state index contributed by atoms with van der Waals surface area (Å²) >= 11 is 0. The normalized spacial score (nSPS) is 16.5. The van der Waals surface area contributed by atoms with Crippen LogP contribution in [0, 0.1) is 0 Å². The minimum atomic E-state index is -0.938. The number of nitrogens with zero attached hydrogens (tertiary/aromatic N) is 1. The molecule has 3 aromatic carbocycles. The van der Waals surface area contributed by atoms with Crippen molar-refractivity contribution in [3.63, 3.8) is 0 Å². The number of methoxy groups -OCH3 is 3. The maximum Gasteiger partial charge on any atom is 0.300 e. The van der Waals surface area contributed by atoms with Gasteiger partial charge in [-0.2, -0.15) is 0 Å². The molecule has 1 aliphatic rings. The summed E-state index contributed by atoms with van der Waals surface area (Å²) in [5.41, 5.74) is 2.26. The fourth-order valence-corrected chi connectivity index (χ4v) is 4.79. The molecule has 0 saturated carbocycles. The standard InChI is InChI=1S/C31H33NO7/c1-7-39-26-16-19(11-14-25(26)38-6)28-27(29(33)20-12-13-24(37-5)23(15-20)18(2)3)30(34)31(35)32(28)21-9-8-10-22(17-21)36-4/h8-18,28,33H,7H2,1-6H3/b29-27+. The molecule has 1 unspecified atom stereocenters. The Labute approximate surface area is 228 Å². The van der Waals surface area contributed by atoms with Crippen molar-refractivity contribution < 1.29 is 33.6 Å². The third-order valence-corrected chi connectivity index (χ3v) is 6.70. The number of hydrogen-bond donors (Lipinski definition) is 1. The smallest absolute Gasteiger partial charge is 0.300 e. The predicted molar refractivity (Wildman–Crippen MR) is 149 cm³/mol. The summed E-state index contributed by atoms with van der Waals surface area (Å²) < 4.78 is 22.1. The quantitative estimate of drug-likeness (QED) is 0.210. The van der Waals surface area contributed by atoms with Gasteiger partial charge in [0.05, 0.1) is 39.6 Å². The molecule has 1 saturated heterocycles. The van der Waals surface area contributed by atoms with E-state index in [1.54, 1.807) is 67.8 Å². The first kappa shape index (κ1) is 27.6. The highest BCUT2D eigenvalue weighted by atomic mass is 16.5. The molecule has 3 aromatic rings. The first-order valence-corrected chi connectivity index (χ1v) is 12.7. The van der Waals surface area contributed by atoms with Crippen molar-refractivity contribution in [3.8, 4) is 23.0 Å². The van der Waals surface area contributed by atoms with Gasteiger partial charge in [0, 0.05) is 17.3 Å². The van der Waals surface area contributed by atoms with Crippen LogP contribution in [0.3, 0.4) is 0 Å². The van der Waals surface area contributed by atoms with E-state index >= 15 is 0 Å². The molecule has 4 rings (SSSR count). The number of benzene rings is 3. The number of rotatable bonds is 9. The molecule has 0 radical (unpaired) electrons. The highest BCUT2D eigenvalue weighted by Gasteiger charge is 2.47. The fourth-order valence-electron chi connectivity index (χ4n) is 4.79. The van der Waals surface area contributed by atoms with Crippen molar-refractivity contribution in [1.82, 2.24) is 0 Å². The number of amides is 1. The first-order valence-electron chi connectivity index (χ1n) is 12.7. The SMILES string of the molecule is CCOc1cc(C2/C(=C(\O)c3ccc(OC)c(C(C)C)c3)C(=O)C(=O)N2c2cccc(OC)c2)ccc1OC. The van der Waals surface area contributed by atoms with Crippen LogP contribution >= 0.6 is 0 Å². The van der Waals surface area contributed by atoms with E-state index in [1.807, 2.05) is 20.8 Å². The largest absolute Gasteiger partial charge is 0.507 e. The van der Waals surface area contributed by atoms with Gasteiger partial charge in [-0.05, 0) is 66.4 Å². The number of Topliss-reactive ketones (excluding diaryl/α,β-unsaturated/α-hetero) is 1. The maximum atomic E-state index is 13.6. The molecular formula is C31H33NO7. The summed E-state index contributed by atoms with van der Waals surface area (Å²) in [6, 6.07) is 16.4. The van der Waals surface area contributed by atoms with E-state index in [0.29, 0.717) is 46.4 Å². The Balaban J connectivity index is 1.98. The second-order valence-electron chi connectivity index (χ2n) is 9.33. The van der Waals surface area contributed by atoms with Crippen molar-refractivity contribution in [2.24, 2.45) is 0 Å². The summed E-state index contributed by atoms with van der Waals surface area (Å²) in [6.45, 7) is 6.26. The molecule has 0 aliphatic carbocycles. The lowest BCUT2D eigenvalue weighted by molar-refractivity contribution is -0.132. The van der Waals surface area contributed by atoms with Crippen molar-refractivity contribution >= 4 is 23.1 Å². The van der Waals surface area contributed by atoms with Crippen LogP contribution in [0.5, 0.6) is 23.0 Å². The van der Waals surface area contributed by atoms with Crippen LogP contribution in [0.25, 0.3) is 5.76 Å². The van der Waals surface area contributed by atoms with Gasteiger partial charge < -0.3 is 24.1 Å². The molecular weight excluding hydrogens is 498 g/mol. The van der Waals surface area contributed by atoms with Crippen LogP contribution in [0.1, 0.15) is 49.4 Å². The van der Waals surface area contributed by atoms with Crippen molar-refractivity contribution in [2.45, 2.75) is 32.7 Å². The van der Waals surface area contributed by atoms with E-state index in [2.05, 4.69) is 0 Å². The lowest BCUT2D eigenvalue weighted by Crippen LogP contribution is -2.29. The molecule has 0 bridgehead atoms. The molecule has 8 heteroatoms. The predicted octanol–water partition coefficient (Wildman–Crippen LogP) is 5.86. The topological polar surface area (TPSA) is 94.5 Å². The van der Waals surface area contributed by atoms with E-state index < -0.39 is 17.7 Å². The van der Waals surface area contributed by atoms with Gasteiger partial charge in [0.1, 0.15) is 17.3 Å². The third-order valence-electron chi connectivity index (χ3n) is 6.70. The molecule has 1 fully saturated rings. The number of hydrogen-bond acceptors (Lipinski definition) is 7. The van der Waals surface area contributed by atoms with Gasteiger partial charge in [-0.1, -0.05) is 26.0 Å². The monoisotopic (exact) mass is 531 g/mol. The molecule has 1 atom stereocenters. The zero-order chi connectivity index (χ0) is 28.3. The Kier molecular flexibility index (Phi) is 8.14. The van der Waals surface area contributed by atoms with Crippen molar-refractivity contribution in [2.75, 3.05) is 32.8 Å². The average molecular weight is 532 g/mol. The fraction of sp³-hybridized carbons (Fsp3) is 0.290. The Morgan fingerprint density at radius 2 is 1.62 bits per heavy atom. The molecule has 1 aliphatic heterocycles. The molecule has 0 spiro atoms. The van der Waals surface area contributed by atoms with Crippen LogP contribution in [-0.2, 0) is 9.59 Å². The Bertz CT molecular complexity index is 1430. The first-order chi connectivity index (χ1) is 18.7. The number of carbonyl (C=O) groups excluding carboxylic acids is 2. The van der Waals surface area contributed by atoms with Crippen LogP contribution in [0.4, 0.5) is 5.69 Å². The highest BCUT2D eigenvalue weighted by Crippen LogP contribution is 2.45. The van der Waals surface area contributed by atoms with E-state index in [4.69, 9.17) is 18.9 Å². The lowest BCUT2D eigenvalue weighted by Gasteiger charge is -2.26. The van der Waals surface area contributed by atoms with Gasteiger partial charge in [-0.25, -0.2) is 0 Å². The molecule has 204 valence electrons. The molecule has 0 aromatic heterocycles. The van der Waals surface area contributed by atoms with Gasteiger partial charge in [-0.3, -0.25) is 14.5 Å². The summed E-state index contributed by atoms with van der Waals surface area (Å²) in [7, 11) is 4.65. The van der Waals surface area contributed by atoms with E-state index in [1.165, 1.54) is 19.1 Å². The summed E-state index contributed by atoms with van der Waals surface area (Å²) in [5, 5.41) is 11.6. The van der Waals surface area contributed by atoms with Crippen LogP contribution in [0.15, 0.2) is 66.2 Å². The highest BCUT2D eigenvalue weighted by molar-refractivity contribution is 6.51. The Hall–Kier alpha value is -4.46. The zero-order valence-electron chi connectivity index (χ0n) is 23.0. The van der Waals surface area contributed by atoms with E-state index in [0.717, 1.165) is 5.56 Å². The number of carbonyl (C=O) groups is 2. The molecule has 1 heterocycles. The van der Waals surface area contributed by atoms with Crippen LogP contribution in [0.2, 0.25) is 0 Å². The second kappa shape index (κ2) is 11.5. The Morgan fingerprint density at radius 3 is 2.26 bits per heavy atom. The molecule has 1 amide bonds. The van der Waals surface area contributed by atoms with Crippen LogP contribution in [-0.4, -0.2) is 44.7 Å². The lowest BCUT2D eigenvalue weighted by atomic mass is 9.93. The third kappa shape index (κ3) is 5.14. The van der Waals surface area contributed by atoms with E-state index in [9.17, 15) is 14.7 Å². The van der Waals surface area contributed by atoms with Gasteiger partial charge in [0.25, 0.3) is 11.7 Å². The number of aliphatic hydroxyl groups excluding tert-OH is 1. The second-order valence-corrected chi connectivity index (χ2v) is 9.33. The van der Waals surface area contributed by atoms with Gasteiger partial charge in [0.15, 0.2) is 11.5 Å². The average Bonchev–Trinajstić information content (AvgIpc) is 3.22. The summed E-state index contributed by atoms with van der Waals surface area (Å²) in [5.74, 6) is 0.425. The maximum absolute atomic E-state index is 13.6. The minimum Gasteiger partial charge on any atom is -0.507 e. The minimum absolute atomic E-state index is 0.0321. The zero-order valence-corrected chi connectivity index (χ0v) is 23.0. The molecule has 8 nitrogen and oxygen atoms in total. The number of ketones is 1. The Morgan fingerprint density at radius 1 is 0.897 bits per heavy atom. The number of aliphatic hydroxyl groups is 1. The van der Waals surface area contributed by atoms with Gasteiger partial charge in [0.2, 0.25) is 0 Å². The molecule has 39 heavy (non-hydrogen) atoms. The summed E-state index contributed by atoms with van der Waals surface area (Å²) in [6.07, 6.45) is 0. The van der Waals surface area contributed by atoms with Crippen LogP contribution < -0.4 is 23.8 Å². The van der Waals surface area contributed by atoms with Crippen molar-refractivity contribution in [3.05, 3.63) is 82.9 Å². The van der Waals surface area contributed by atoms with Gasteiger partial charge in [-0.15, -0.1) is 0 Å². The van der Waals surface area contributed by atoms with E-state index in [-0.39, 0.29) is 17.3 Å². The van der Waals surface area contributed by atoms with Crippen molar-refractivity contribution in [1.29, 1.82) is 0 Å². The summed E-state index contributed by atoms with van der Waals surface area (Å²) in [4.78, 5) is 28.5. The number of ether oxygens (including phenoxy) is 4. The number of anilines is 1.